The molecule has 0 amide bonds. The van der Waals surface area contributed by atoms with E-state index in [1.165, 1.54) is 0 Å². The van der Waals surface area contributed by atoms with E-state index in [1.54, 1.807) is 7.05 Å². The predicted molar refractivity (Wildman–Crippen MR) is 71.5 cm³/mol. The van der Waals surface area contributed by atoms with Gasteiger partial charge in [-0.3, -0.25) is 0 Å². The molecular weight excluding hydrogens is 226 g/mol. The zero-order chi connectivity index (χ0) is 12.5. The maximum atomic E-state index is 5.79. The van der Waals surface area contributed by atoms with E-state index in [9.17, 15) is 0 Å². The summed E-state index contributed by atoms with van der Waals surface area (Å²) in [5, 5.41) is 4.03. The number of para-hydroxylation sites is 1. The second-order valence-electron chi connectivity index (χ2n) is 4.12. The monoisotopic (exact) mass is 239 g/mol. The van der Waals surface area contributed by atoms with Crippen molar-refractivity contribution in [1.29, 1.82) is 0 Å². The van der Waals surface area contributed by atoms with Crippen LogP contribution in [0.2, 0.25) is 0 Å². The van der Waals surface area contributed by atoms with Crippen LogP contribution in [-0.4, -0.2) is 17.0 Å². The molecule has 90 valence electrons. The van der Waals surface area contributed by atoms with Crippen molar-refractivity contribution in [2.45, 2.75) is 6.92 Å². The van der Waals surface area contributed by atoms with Gasteiger partial charge in [-0.15, -0.1) is 0 Å². The average Bonchev–Trinajstić information content (AvgIpc) is 2.81. The first-order valence-electron chi connectivity index (χ1n) is 5.78. The van der Waals surface area contributed by atoms with E-state index in [0.717, 1.165) is 28.1 Å². The lowest BCUT2D eigenvalue weighted by Crippen LogP contribution is -1.98. The van der Waals surface area contributed by atoms with Crippen molar-refractivity contribution < 1.29 is 4.42 Å². The summed E-state index contributed by atoms with van der Waals surface area (Å²) in [6.45, 7) is 1.94. The van der Waals surface area contributed by atoms with E-state index in [0.29, 0.717) is 5.95 Å². The summed E-state index contributed by atoms with van der Waals surface area (Å²) in [6, 6.07) is 11.8. The number of aryl methyl sites for hydroxylation is 1. The summed E-state index contributed by atoms with van der Waals surface area (Å²) in [4.78, 5) is 8.67. The van der Waals surface area contributed by atoms with Crippen LogP contribution in [0, 0.1) is 6.92 Å². The lowest BCUT2D eigenvalue weighted by molar-refractivity contribution is 0.628. The molecule has 4 heteroatoms. The molecule has 0 aliphatic heterocycles. The van der Waals surface area contributed by atoms with E-state index in [2.05, 4.69) is 15.3 Å². The highest BCUT2D eigenvalue weighted by atomic mass is 16.3. The van der Waals surface area contributed by atoms with Gasteiger partial charge in [0.2, 0.25) is 5.95 Å². The number of furan rings is 1. The van der Waals surface area contributed by atoms with Crippen LogP contribution in [-0.2, 0) is 0 Å². The quantitative estimate of drug-likeness (QED) is 0.745. The summed E-state index contributed by atoms with van der Waals surface area (Å²) < 4.78 is 5.79. The Morgan fingerprint density at radius 2 is 1.94 bits per heavy atom. The van der Waals surface area contributed by atoms with Crippen LogP contribution in [0.15, 0.2) is 40.8 Å². The number of anilines is 1. The third-order valence-electron chi connectivity index (χ3n) is 2.76. The molecule has 0 aliphatic carbocycles. The van der Waals surface area contributed by atoms with Gasteiger partial charge in [-0.05, 0) is 25.1 Å². The van der Waals surface area contributed by atoms with E-state index in [-0.39, 0.29) is 0 Å². The normalized spacial score (nSPS) is 10.8. The van der Waals surface area contributed by atoms with E-state index in [1.807, 2.05) is 43.3 Å². The van der Waals surface area contributed by atoms with Gasteiger partial charge >= 0.3 is 0 Å². The highest BCUT2D eigenvalue weighted by molar-refractivity contribution is 5.82. The number of nitrogens with one attached hydrogen (secondary N) is 1. The smallest absolute Gasteiger partial charge is 0.223 e. The summed E-state index contributed by atoms with van der Waals surface area (Å²) in [6.07, 6.45) is 0. The second-order valence-corrected chi connectivity index (χ2v) is 4.12. The first-order chi connectivity index (χ1) is 8.76. The lowest BCUT2D eigenvalue weighted by Gasteiger charge is -2.02. The van der Waals surface area contributed by atoms with Gasteiger partial charge in [0.05, 0.1) is 0 Å². The van der Waals surface area contributed by atoms with Crippen LogP contribution < -0.4 is 5.32 Å². The maximum Gasteiger partial charge on any atom is 0.223 e. The molecule has 0 saturated heterocycles. The van der Waals surface area contributed by atoms with Crippen molar-refractivity contribution in [3.05, 3.63) is 42.1 Å². The molecule has 1 N–H and O–H groups in total. The molecule has 0 aliphatic rings. The topological polar surface area (TPSA) is 51.0 Å². The standard InChI is InChI=1S/C14H13N3O/c1-9-7-11(17-14(15-2)16-9)13-8-10-5-3-4-6-12(10)18-13/h3-8H,1-2H3,(H,15,16,17). The summed E-state index contributed by atoms with van der Waals surface area (Å²) in [7, 11) is 1.80. The van der Waals surface area contributed by atoms with Gasteiger partial charge in [0.1, 0.15) is 11.3 Å². The molecule has 0 bridgehead atoms. The van der Waals surface area contributed by atoms with E-state index < -0.39 is 0 Å². The molecule has 0 unspecified atom stereocenters. The molecule has 0 fully saturated rings. The lowest BCUT2D eigenvalue weighted by atomic mass is 10.2. The number of fused-ring (bicyclic) bond motifs is 1. The Morgan fingerprint density at radius 3 is 2.72 bits per heavy atom. The van der Waals surface area contributed by atoms with Gasteiger partial charge < -0.3 is 9.73 Å². The SMILES string of the molecule is CNc1nc(C)cc(-c2cc3ccccc3o2)n1. The zero-order valence-corrected chi connectivity index (χ0v) is 10.3. The molecular formula is C14H13N3O. The minimum Gasteiger partial charge on any atom is -0.454 e. The Balaban J connectivity index is 2.16. The predicted octanol–water partition coefficient (Wildman–Crippen LogP) is 3.24. The fourth-order valence-corrected chi connectivity index (χ4v) is 1.91. The Hall–Kier alpha value is -2.36. The highest BCUT2D eigenvalue weighted by Gasteiger charge is 2.09. The molecule has 2 heterocycles. The molecule has 0 saturated carbocycles. The molecule has 0 atom stereocenters. The Labute approximate surface area is 105 Å². The third kappa shape index (κ3) is 1.82. The van der Waals surface area contributed by atoms with E-state index >= 15 is 0 Å². The fraction of sp³-hybridized carbons (Fsp3) is 0.143. The number of hydrogen-bond donors (Lipinski definition) is 1. The molecule has 1 aromatic carbocycles. The van der Waals surface area contributed by atoms with Crippen molar-refractivity contribution in [1.82, 2.24) is 9.97 Å². The van der Waals surface area contributed by atoms with Crippen LogP contribution in [0.25, 0.3) is 22.4 Å². The van der Waals surface area contributed by atoms with Crippen LogP contribution in [0.4, 0.5) is 5.95 Å². The molecule has 3 aromatic rings. The first kappa shape index (κ1) is 10.8. The van der Waals surface area contributed by atoms with E-state index in [4.69, 9.17) is 4.42 Å². The van der Waals surface area contributed by atoms with Crippen molar-refractivity contribution in [2.24, 2.45) is 0 Å². The molecule has 3 rings (SSSR count). The van der Waals surface area contributed by atoms with Crippen molar-refractivity contribution >= 4 is 16.9 Å². The Morgan fingerprint density at radius 1 is 1.11 bits per heavy atom. The Kier molecular flexibility index (Phi) is 2.48. The molecule has 0 spiro atoms. The molecule has 4 nitrogen and oxygen atoms in total. The Bertz CT molecular complexity index is 670. The van der Waals surface area contributed by atoms with Crippen LogP contribution in [0.5, 0.6) is 0 Å². The van der Waals surface area contributed by atoms with Crippen molar-refractivity contribution in [2.75, 3.05) is 12.4 Å². The molecule has 0 radical (unpaired) electrons. The molecule has 18 heavy (non-hydrogen) atoms. The summed E-state index contributed by atoms with van der Waals surface area (Å²) in [5.41, 5.74) is 2.57. The van der Waals surface area contributed by atoms with Crippen LogP contribution >= 0.6 is 0 Å². The summed E-state index contributed by atoms with van der Waals surface area (Å²) >= 11 is 0. The van der Waals surface area contributed by atoms with Gasteiger partial charge in [0, 0.05) is 18.1 Å². The van der Waals surface area contributed by atoms with Gasteiger partial charge in [-0.2, -0.15) is 0 Å². The van der Waals surface area contributed by atoms with Gasteiger partial charge in [-0.25, -0.2) is 9.97 Å². The number of aromatic nitrogens is 2. The fourth-order valence-electron chi connectivity index (χ4n) is 1.91. The minimum atomic E-state index is 0.602. The van der Waals surface area contributed by atoms with Gasteiger partial charge in [-0.1, -0.05) is 18.2 Å². The molecule has 2 aromatic heterocycles. The van der Waals surface area contributed by atoms with Crippen LogP contribution in [0.3, 0.4) is 0 Å². The maximum absolute atomic E-state index is 5.79. The first-order valence-corrected chi connectivity index (χ1v) is 5.78. The average molecular weight is 239 g/mol. The highest BCUT2D eigenvalue weighted by Crippen LogP contribution is 2.27. The third-order valence-corrected chi connectivity index (χ3v) is 2.76. The minimum absolute atomic E-state index is 0.602. The van der Waals surface area contributed by atoms with Gasteiger partial charge in [0.25, 0.3) is 0 Å². The summed E-state index contributed by atoms with van der Waals surface area (Å²) in [5.74, 6) is 1.36. The number of rotatable bonds is 2. The van der Waals surface area contributed by atoms with Crippen LogP contribution in [0.1, 0.15) is 5.69 Å². The second kappa shape index (κ2) is 4.14. The largest absolute Gasteiger partial charge is 0.454 e. The number of nitrogens with zero attached hydrogens (tertiary/aromatic N) is 2. The number of benzene rings is 1. The zero-order valence-electron chi connectivity index (χ0n) is 10.3. The van der Waals surface area contributed by atoms with Gasteiger partial charge in [0.15, 0.2) is 5.76 Å². The number of hydrogen-bond acceptors (Lipinski definition) is 4. The van der Waals surface area contributed by atoms with Crippen molar-refractivity contribution in [3.63, 3.8) is 0 Å². The van der Waals surface area contributed by atoms with Crippen molar-refractivity contribution in [3.8, 4) is 11.5 Å².